The van der Waals surface area contributed by atoms with Gasteiger partial charge in [-0.05, 0) is 37.5 Å². The molecule has 0 saturated carbocycles. The highest BCUT2D eigenvalue weighted by Gasteiger charge is 2.31. The normalized spacial score (nSPS) is 19.3. The number of nitrogens with two attached hydrogens (primary N) is 1. The average Bonchev–Trinajstić information content (AvgIpc) is 2.40. The van der Waals surface area contributed by atoms with Gasteiger partial charge in [-0.25, -0.2) is 0 Å². The molecule has 1 heterocycles. The summed E-state index contributed by atoms with van der Waals surface area (Å²) in [6.07, 6.45) is 2.38. The number of piperidine rings is 1. The van der Waals surface area contributed by atoms with Crippen LogP contribution in [0, 0.1) is 0 Å². The lowest BCUT2D eigenvalue weighted by molar-refractivity contribution is -0.123. The van der Waals surface area contributed by atoms with E-state index in [1.165, 1.54) is 4.90 Å². The first-order valence-corrected chi connectivity index (χ1v) is 6.92. The van der Waals surface area contributed by atoms with E-state index in [1.807, 2.05) is 0 Å². The van der Waals surface area contributed by atoms with Gasteiger partial charge in [0.15, 0.2) is 0 Å². The second-order valence-electron chi connectivity index (χ2n) is 4.58. The van der Waals surface area contributed by atoms with E-state index in [0.717, 1.165) is 12.8 Å². The van der Waals surface area contributed by atoms with Crippen LogP contribution in [0.15, 0.2) is 23.1 Å². The summed E-state index contributed by atoms with van der Waals surface area (Å²) in [5.74, 6) is -0.726. The zero-order valence-electron chi connectivity index (χ0n) is 10.3. The molecule has 1 unspecified atom stereocenters. The van der Waals surface area contributed by atoms with E-state index < -0.39 is 11.9 Å². The van der Waals surface area contributed by atoms with Crippen LogP contribution in [-0.2, 0) is 4.79 Å². The van der Waals surface area contributed by atoms with E-state index >= 15 is 0 Å². The molecule has 1 fully saturated rings. The van der Waals surface area contributed by atoms with Crippen molar-refractivity contribution in [2.45, 2.75) is 30.2 Å². The number of rotatable bonds is 2. The van der Waals surface area contributed by atoms with Crippen molar-refractivity contribution in [2.75, 3.05) is 6.54 Å². The Balaban J connectivity index is 2.31. The number of amides is 2. The molecule has 2 N–H and O–H groups in total. The van der Waals surface area contributed by atoms with Gasteiger partial charge in [0.05, 0.1) is 10.6 Å². The number of hydrogen-bond acceptors (Lipinski definition) is 3. The van der Waals surface area contributed by atoms with Gasteiger partial charge >= 0.3 is 0 Å². The Hall–Kier alpha value is -1.20. The van der Waals surface area contributed by atoms with Crippen molar-refractivity contribution in [2.24, 2.45) is 5.73 Å². The Morgan fingerprint density at radius 1 is 1.37 bits per heavy atom. The molecule has 1 aliphatic rings. The highest BCUT2D eigenvalue weighted by atomic mass is 35.5. The largest absolute Gasteiger partial charge is 0.368 e. The van der Waals surface area contributed by atoms with Crippen molar-refractivity contribution in [3.8, 4) is 0 Å². The van der Waals surface area contributed by atoms with Gasteiger partial charge in [0, 0.05) is 11.4 Å². The maximum atomic E-state index is 12.5. The number of halogens is 1. The summed E-state index contributed by atoms with van der Waals surface area (Å²) < 4.78 is 0. The molecule has 2 amide bonds. The highest BCUT2D eigenvalue weighted by Crippen LogP contribution is 2.25. The minimum absolute atomic E-state index is 0.260. The predicted octanol–water partition coefficient (Wildman–Crippen LogP) is 2.11. The molecular formula is C13H15ClN2O2S. The first-order chi connectivity index (χ1) is 9.00. The van der Waals surface area contributed by atoms with E-state index in [4.69, 9.17) is 17.3 Å². The van der Waals surface area contributed by atoms with Crippen molar-refractivity contribution in [3.63, 3.8) is 0 Å². The second kappa shape index (κ2) is 5.84. The van der Waals surface area contributed by atoms with Gasteiger partial charge in [0.1, 0.15) is 6.04 Å². The second-order valence-corrected chi connectivity index (χ2v) is 5.50. The van der Waals surface area contributed by atoms with E-state index in [1.54, 1.807) is 18.2 Å². The Morgan fingerprint density at radius 2 is 2.11 bits per heavy atom. The molecule has 0 spiro atoms. The fraction of sp³-hybridized carbons (Fsp3) is 0.385. The molecule has 19 heavy (non-hydrogen) atoms. The van der Waals surface area contributed by atoms with E-state index in [-0.39, 0.29) is 5.91 Å². The van der Waals surface area contributed by atoms with Crippen molar-refractivity contribution >= 4 is 36.0 Å². The van der Waals surface area contributed by atoms with E-state index in [0.29, 0.717) is 28.4 Å². The summed E-state index contributed by atoms with van der Waals surface area (Å²) in [6, 6.07) is 4.41. The molecule has 1 saturated heterocycles. The summed E-state index contributed by atoms with van der Waals surface area (Å²) in [6.45, 7) is 0.527. The van der Waals surface area contributed by atoms with Crippen LogP contribution in [0.3, 0.4) is 0 Å². The number of likely N-dealkylation sites (tertiary alicyclic amines) is 1. The quantitative estimate of drug-likeness (QED) is 0.821. The molecule has 0 aromatic heterocycles. The number of carbonyl (C=O) groups is 2. The average molecular weight is 299 g/mol. The van der Waals surface area contributed by atoms with E-state index in [2.05, 4.69) is 12.6 Å². The van der Waals surface area contributed by atoms with Crippen LogP contribution < -0.4 is 5.73 Å². The SMILES string of the molecule is NC(=O)C1CCCCN1C(=O)c1cc(S)ccc1Cl. The molecular weight excluding hydrogens is 284 g/mol. The third-order valence-corrected chi connectivity index (χ3v) is 3.88. The van der Waals surface area contributed by atoms with Crippen LogP contribution in [0.1, 0.15) is 29.6 Å². The summed E-state index contributed by atoms with van der Waals surface area (Å²) in [5.41, 5.74) is 5.72. The van der Waals surface area contributed by atoms with Crippen molar-refractivity contribution in [1.82, 2.24) is 4.90 Å². The number of carbonyl (C=O) groups excluding carboxylic acids is 2. The van der Waals surface area contributed by atoms with Crippen LogP contribution in [0.4, 0.5) is 0 Å². The number of thiol groups is 1. The molecule has 0 bridgehead atoms. The first kappa shape index (κ1) is 14.2. The smallest absolute Gasteiger partial charge is 0.256 e. The maximum absolute atomic E-state index is 12.5. The summed E-state index contributed by atoms with van der Waals surface area (Å²) >= 11 is 10.2. The lowest BCUT2D eigenvalue weighted by Crippen LogP contribution is -2.50. The number of hydrogen-bond donors (Lipinski definition) is 2. The minimum atomic E-state index is -0.541. The molecule has 1 aliphatic heterocycles. The number of nitrogens with zero attached hydrogens (tertiary/aromatic N) is 1. The highest BCUT2D eigenvalue weighted by molar-refractivity contribution is 7.80. The molecule has 102 valence electrons. The molecule has 1 aromatic carbocycles. The molecule has 1 aromatic rings. The zero-order chi connectivity index (χ0) is 14.0. The molecule has 0 aliphatic carbocycles. The number of benzene rings is 1. The summed E-state index contributed by atoms with van der Waals surface area (Å²) in [4.78, 5) is 26.1. The van der Waals surface area contributed by atoms with E-state index in [9.17, 15) is 9.59 Å². The van der Waals surface area contributed by atoms with Gasteiger partial charge in [-0.3, -0.25) is 9.59 Å². The predicted molar refractivity (Wildman–Crippen MR) is 76.6 cm³/mol. The Morgan fingerprint density at radius 3 is 2.79 bits per heavy atom. The maximum Gasteiger partial charge on any atom is 0.256 e. The molecule has 4 nitrogen and oxygen atoms in total. The third-order valence-electron chi connectivity index (χ3n) is 3.27. The van der Waals surface area contributed by atoms with Gasteiger partial charge in [-0.1, -0.05) is 11.6 Å². The standard InChI is InChI=1S/C13H15ClN2O2S/c14-10-5-4-8(19)7-9(10)13(18)16-6-2-1-3-11(16)12(15)17/h4-5,7,11,19H,1-3,6H2,(H2,15,17). The van der Waals surface area contributed by atoms with Crippen LogP contribution in [-0.4, -0.2) is 29.3 Å². The lowest BCUT2D eigenvalue weighted by Gasteiger charge is -2.33. The Bertz CT molecular complexity index is 521. The van der Waals surface area contributed by atoms with Gasteiger partial charge < -0.3 is 10.6 Å². The monoisotopic (exact) mass is 298 g/mol. The molecule has 0 radical (unpaired) electrons. The Labute approximate surface area is 122 Å². The van der Waals surface area contributed by atoms with Gasteiger partial charge in [-0.15, -0.1) is 12.6 Å². The number of primary amides is 1. The molecule has 2 rings (SSSR count). The topological polar surface area (TPSA) is 63.4 Å². The lowest BCUT2D eigenvalue weighted by atomic mass is 10.0. The minimum Gasteiger partial charge on any atom is -0.368 e. The van der Waals surface area contributed by atoms with Crippen molar-refractivity contribution in [3.05, 3.63) is 28.8 Å². The van der Waals surface area contributed by atoms with Crippen molar-refractivity contribution in [1.29, 1.82) is 0 Å². The Kier molecular flexibility index (Phi) is 4.37. The zero-order valence-corrected chi connectivity index (χ0v) is 12.0. The van der Waals surface area contributed by atoms with Crippen LogP contribution in [0.5, 0.6) is 0 Å². The van der Waals surface area contributed by atoms with Crippen LogP contribution in [0.25, 0.3) is 0 Å². The van der Waals surface area contributed by atoms with Gasteiger partial charge in [-0.2, -0.15) is 0 Å². The fourth-order valence-electron chi connectivity index (χ4n) is 2.30. The fourth-order valence-corrected chi connectivity index (χ4v) is 2.70. The molecule has 6 heteroatoms. The van der Waals surface area contributed by atoms with Crippen LogP contribution in [0.2, 0.25) is 5.02 Å². The van der Waals surface area contributed by atoms with Gasteiger partial charge in [0.2, 0.25) is 5.91 Å². The third kappa shape index (κ3) is 3.04. The summed E-state index contributed by atoms with van der Waals surface area (Å²) in [7, 11) is 0. The van der Waals surface area contributed by atoms with Crippen LogP contribution >= 0.6 is 24.2 Å². The first-order valence-electron chi connectivity index (χ1n) is 6.09. The molecule has 1 atom stereocenters. The van der Waals surface area contributed by atoms with Gasteiger partial charge in [0.25, 0.3) is 5.91 Å². The summed E-state index contributed by atoms with van der Waals surface area (Å²) in [5, 5.41) is 0.358. The van der Waals surface area contributed by atoms with Crippen molar-refractivity contribution < 1.29 is 9.59 Å².